The first kappa shape index (κ1) is 11.1. The highest BCUT2D eigenvalue weighted by Gasteiger charge is 2.11. The molecule has 2 aromatic carbocycles. The Bertz CT molecular complexity index is 594. The highest BCUT2D eigenvalue weighted by atomic mass is 16.1. The van der Waals surface area contributed by atoms with Crippen molar-refractivity contribution in [3.8, 4) is 6.07 Å². The van der Waals surface area contributed by atoms with E-state index in [1.54, 1.807) is 30.3 Å². The molecule has 0 atom stereocenters. The highest BCUT2D eigenvalue weighted by molar-refractivity contribution is 6.10. The van der Waals surface area contributed by atoms with Gasteiger partial charge >= 0.3 is 0 Å². The molecule has 0 fully saturated rings. The third kappa shape index (κ3) is 2.24. The van der Waals surface area contributed by atoms with E-state index < -0.39 is 0 Å². The van der Waals surface area contributed by atoms with Crippen LogP contribution >= 0.6 is 0 Å². The van der Waals surface area contributed by atoms with Crippen LogP contribution in [0.15, 0.2) is 48.5 Å². The average Bonchev–Trinajstić information content (AvgIpc) is 2.39. The van der Waals surface area contributed by atoms with Crippen molar-refractivity contribution in [2.75, 3.05) is 0 Å². The molecule has 0 radical (unpaired) electrons. The summed E-state index contributed by atoms with van der Waals surface area (Å²) in [6, 6.07) is 16.3. The number of carbonyl (C=O) groups excluding carboxylic acids is 1. The Morgan fingerprint density at radius 3 is 2.47 bits per heavy atom. The molecule has 0 N–H and O–H groups in total. The first-order valence-electron chi connectivity index (χ1n) is 5.33. The summed E-state index contributed by atoms with van der Waals surface area (Å²) in [5, 5.41) is 8.84. The maximum absolute atomic E-state index is 12.2. The van der Waals surface area contributed by atoms with Gasteiger partial charge < -0.3 is 0 Å². The van der Waals surface area contributed by atoms with E-state index in [9.17, 15) is 4.79 Å². The van der Waals surface area contributed by atoms with Gasteiger partial charge in [0.1, 0.15) is 0 Å². The second-order valence-corrected chi connectivity index (χ2v) is 3.84. The molecule has 0 amide bonds. The number of benzene rings is 2. The Morgan fingerprint density at radius 1 is 1.12 bits per heavy atom. The monoisotopic (exact) mass is 221 g/mol. The molecule has 0 saturated heterocycles. The van der Waals surface area contributed by atoms with Crippen molar-refractivity contribution in [3.63, 3.8) is 0 Å². The van der Waals surface area contributed by atoms with Gasteiger partial charge in [0.15, 0.2) is 5.78 Å². The van der Waals surface area contributed by atoms with Crippen molar-refractivity contribution in [2.45, 2.75) is 6.92 Å². The van der Waals surface area contributed by atoms with E-state index in [2.05, 4.69) is 0 Å². The quantitative estimate of drug-likeness (QED) is 0.731. The van der Waals surface area contributed by atoms with E-state index in [1.807, 2.05) is 31.2 Å². The number of rotatable bonds is 2. The molecule has 0 aliphatic carbocycles. The van der Waals surface area contributed by atoms with Crippen molar-refractivity contribution in [3.05, 3.63) is 70.8 Å². The number of nitriles is 1. The van der Waals surface area contributed by atoms with Crippen LogP contribution < -0.4 is 0 Å². The minimum absolute atomic E-state index is 0.0415. The third-order valence-corrected chi connectivity index (χ3v) is 2.65. The molecule has 82 valence electrons. The molecule has 0 aromatic heterocycles. The Morgan fingerprint density at radius 2 is 1.82 bits per heavy atom. The molecular weight excluding hydrogens is 210 g/mol. The van der Waals surface area contributed by atoms with E-state index >= 15 is 0 Å². The lowest BCUT2D eigenvalue weighted by atomic mass is 9.97. The number of hydrogen-bond donors (Lipinski definition) is 0. The van der Waals surface area contributed by atoms with Crippen LogP contribution in [0.3, 0.4) is 0 Å². The van der Waals surface area contributed by atoms with Crippen LogP contribution in [-0.4, -0.2) is 5.78 Å². The van der Waals surface area contributed by atoms with Crippen molar-refractivity contribution in [1.82, 2.24) is 0 Å². The minimum atomic E-state index is -0.0415. The number of hydrogen-bond acceptors (Lipinski definition) is 2. The molecule has 17 heavy (non-hydrogen) atoms. The van der Waals surface area contributed by atoms with E-state index in [1.165, 1.54) is 0 Å². The maximum Gasteiger partial charge on any atom is 0.193 e. The fraction of sp³-hybridized carbons (Fsp3) is 0.0667. The molecule has 2 heteroatoms. The number of carbonyl (C=O) groups is 1. The van der Waals surface area contributed by atoms with Crippen LogP contribution in [0.25, 0.3) is 0 Å². The van der Waals surface area contributed by atoms with Crippen LogP contribution in [0.2, 0.25) is 0 Å². The van der Waals surface area contributed by atoms with Gasteiger partial charge in [-0.05, 0) is 24.6 Å². The molecular formula is C15H11NO. The van der Waals surface area contributed by atoms with Crippen molar-refractivity contribution < 1.29 is 4.79 Å². The second kappa shape index (κ2) is 4.63. The summed E-state index contributed by atoms with van der Waals surface area (Å²) in [5.74, 6) is -0.0415. The Labute approximate surface area is 100 Å². The first-order valence-corrected chi connectivity index (χ1v) is 5.33. The van der Waals surface area contributed by atoms with Crippen LogP contribution in [0.1, 0.15) is 27.0 Å². The largest absolute Gasteiger partial charge is 0.289 e. The van der Waals surface area contributed by atoms with Gasteiger partial charge in [-0.3, -0.25) is 4.79 Å². The average molecular weight is 221 g/mol. The highest BCUT2D eigenvalue weighted by Crippen LogP contribution is 2.15. The predicted molar refractivity (Wildman–Crippen MR) is 65.8 cm³/mol. The molecule has 0 aliphatic heterocycles. The topological polar surface area (TPSA) is 40.9 Å². The molecule has 0 bridgehead atoms. The third-order valence-electron chi connectivity index (χ3n) is 2.65. The number of nitrogens with zero attached hydrogens (tertiary/aromatic N) is 1. The zero-order valence-corrected chi connectivity index (χ0v) is 9.47. The Hall–Kier alpha value is -2.40. The van der Waals surface area contributed by atoms with Gasteiger partial charge in [-0.1, -0.05) is 36.4 Å². The molecule has 0 spiro atoms. The lowest BCUT2D eigenvalue weighted by Gasteiger charge is -2.05. The van der Waals surface area contributed by atoms with E-state index in [4.69, 9.17) is 5.26 Å². The lowest BCUT2D eigenvalue weighted by molar-refractivity contribution is 0.103. The Kier molecular flexibility index (Phi) is 3.02. The summed E-state index contributed by atoms with van der Waals surface area (Å²) < 4.78 is 0. The molecule has 2 aromatic rings. The van der Waals surface area contributed by atoms with Crippen molar-refractivity contribution >= 4 is 5.78 Å². The van der Waals surface area contributed by atoms with Crippen molar-refractivity contribution in [2.24, 2.45) is 0 Å². The number of ketones is 1. The minimum Gasteiger partial charge on any atom is -0.289 e. The molecule has 0 unspecified atom stereocenters. The van der Waals surface area contributed by atoms with Gasteiger partial charge in [0.05, 0.1) is 11.6 Å². The summed E-state index contributed by atoms with van der Waals surface area (Å²) in [6.45, 7) is 1.87. The van der Waals surface area contributed by atoms with Crippen molar-refractivity contribution in [1.29, 1.82) is 5.26 Å². The van der Waals surface area contributed by atoms with E-state index in [0.717, 1.165) is 5.56 Å². The van der Waals surface area contributed by atoms with Gasteiger partial charge in [-0.2, -0.15) is 5.26 Å². The van der Waals surface area contributed by atoms with Gasteiger partial charge in [-0.15, -0.1) is 0 Å². The second-order valence-electron chi connectivity index (χ2n) is 3.84. The van der Waals surface area contributed by atoms with Gasteiger partial charge in [0.25, 0.3) is 0 Å². The summed E-state index contributed by atoms with van der Waals surface area (Å²) in [4.78, 5) is 12.2. The van der Waals surface area contributed by atoms with Gasteiger partial charge in [-0.25, -0.2) is 0 Å². The first-order chi connectivity index (χ1) is 8.22. The van der Waals surface area contributed by atoms with E-state index in [-0.39, 0.29) is 5.78 Å². The summed E-state index contributed by atoms with van der Waals surface area (Å²) in [7, 11) is 0. The number of aryl methyl sites for hydroxylation is 1. The molecule has 0 saturated carbocycles. The van der Waals surface area contributed by atoms with Gasteiger partial charge in [0, 0.05) is 11.1 Å². The molecule has 2 nitrogen and oxygen atoms in total. The fourth-order valence-electron chi connectivity index (χ4n) is 1.68. The zero-order chi connectivity index (χ0) is 12.3. The predicted octanol–water partition coefficient (Wildman–Crippen LogP) is 3.10. The Balaban J connectivity index is 2.48. The maximum atomic E-state index is 12.2. The van der Waals surface area contributed by atoms with Crippen LogP contribution in [0.4, 0.5) is 0 Å². The summed E-state index contributed by atoms with van der Waals surface area (Å²) >= 11 is 0. The standard InChI is InChI=1S/C15H11NO/c1-11-7-8-12(10-16)9-14(11)15(17)13-5-3-2-4-6-13/h2-9H,1H3. The molecule has 2 rings (SSSR count). The lowest BCUT2D eigenvalue weighted by Crippen LogP contribution is -2.03. The summed E-state index contributed by atoms with van der Waals surface area (Å²) in [5.41, 5.74) is 2.63. The molecule has 0 heterocycles. The normalized spacial score (nSPS) is 9.65. The van der Waals surface area contributed by atoms with Crippen LogP contribution in [0.5, 0.6) is 0 Å². The van der Waals surface area contributed by atoms with Crippen LogP contribution in [0, 0.1) is 18.3 Å². The smallest absolute Gasteiger partial charge is 0.193 e. The SMILES string of the molecule is Cc1ccc(C#N)cc1C(=O)c1ccccc1. The van der Waals surface area contributed by atoms with Crippen LogP contribution in [-0.2, 0) is 0 Å². The molecule has 0 aliphatic rings. The summed E-state index contributed by atoms with van der Waals surface area (Å²) in [6.07, 6.45) is 0. The van der Waals surface area contributed by atoms with E-state index in [0.29, 0.717) is 16.7 Å². The fourth-order valence-corrected chi connectivity index (χ4v) is 1.68. The van der Waals surface area contributed by atoms with Gasteiger partial charge in [0.2, 0.25) is 0 Å². The zero-order valence-electron chi connectivity index (χ0n) is 9.47.